The van der Waals surface area contributed by atoms with Gasteiger partial charge in [0.2, 0.25) is 0 Å². The van der Waals surface area contributed by atoms with Gasteiger partial charge in [0, 0.05) is 0 Å². The minimum Gasteiger partial charge on any atom is -0.295 e. The lowest BCUT2D eigenvalue weighted by molar-refractivity contribution is -0.511. The van der Waals surface area contributed by atoms with E-state index in [1.807, 2.05) is 0 Å². The monoisotopic (exact) mass is 336 g/mol. The van der Waals surface area contributed by atoms with E-state index in [2.05, 4.69) is 61.2 Å². The molecule has 0 aliphatic carbocycles. The molecule has 0 saturated carbocycles. The Balaban J connectivity index is 1.96. The summed E-state index contributed by atoms with van der Waals surface area (Å²) in [5, 5.41) is 0. The molecule has 0 amide bonds. The van der Waals surface area contributed by atoms with E-state index in [-0.39, 0.29) is 0 Å². The molecule has 0 radical (unpaired) electrons. The smallest absolute Gasteiger partial charge is 0.295 e. The van der Waals surface area contributed by atoms with Crippen LogP contribution in [-0.4, -0.2) is 22.6 Å². The minimum absolute atomic E-state index is 1.08. The second kappa shape index (κ2) is 6.27. The Hall–Kier alpha value is -0.870. The Labute approximate surface area is 129 Å². The van der Waals surface area contributed by atoms with Crippen LogP contribution in [0.3, 0.4) is 0 Å². The average Bonchev–Trinajstić information content (AvgIpc) is 2.80. The molecule has 1 aliphatic heterocycles. The molecular weight excluding hydrogens is 314 g/mol. The topological polar surface area (TPSA) is 12.3 Å². The third kappa shape index (κ3) is 2.77. The highest BCUT2D eigenvalue weighted by Gasteiger charge is 2.22. The summed E-state index contributed by atoms with van der Waals surface area (Å²) >= 11 is 3.70. The predicted octanol–water partition coefficient (Wildman–Crippen LogP) is 3.39. The van der Waals surface area contributed by atoms with Crippen LogP contribution >= 0.6 is 15.9 Å². The maximum atomic E-state index is 3.70. The second-order valence-electron chi connectivity index (χ2n) is 5.70. The summed E-state index contributed by atoms with van der Waals surface area (Å²) in [6, 6.07) is 4.23. The van der Waals surface area contributed by atoms with Crippen LogP contribution in [-0.2, 0) is 13.1 Å². The van der Waals surface area contributed by atoms with Crippen LogP contribution in [0.2, 0.25) is 0 Å². The molecule has 1 saturated heterocycles. The van der Waals surface area contributed by atoms with Crippen LogP contribution in [0.25, 0.3) is 5.65 Å². The number of aryl methyl sites for hydroxylation is 1. The van der Waals surface area contributed by atoms with Crippen LogP contribution in [0.5, 0.6) is 0 Å². The number of hydrogen-bond donors (Lipinski definition) is 0. The lowest BCUT2D eigenvalue weighted by Crippen LogP contribution is -2.30. The largest absolute Gasteiger partial charge is 0.300 e. The molecule has 108 valence electrons. The average molecular weight is 337 g/mol. The molecule has 0 N–H and O–H groups in total. The molecule has 0 aromatic carbocycles. The molecule has 2 aromatic heterocycles. The van der Waals surface area contributed by atoms with Crippen molar-refractivity contribution < 1.29 is 4.40 Å². The van der Waals surface area contributed by atoms with Crippen molar-refractivity contribution in [1.82, 2.24) is 9.47 Å². The molecule has 2 aromatic rings. The van der Waals surface area contributed by atoms with Crippen molar-refractivity contribution in [3.63, 3.8) is 0 Å². The molecule has 3 nitrogen and oxygen atoms in total. The summed E-state index contributed by atoms with van der Waals surface area (Å²) in [5.74, 6) is 0. The first-order valence-corrected chi connectivity index (χ1v) is 8.49. The fourth-order valence-electron chi connectivity index (χ4n) is 3.17. The van der Waals surface area contributed by atoms with Gasteiger partial charge >= 0.3 is 5.65 Å². The SMILES string of the molecule is CCCn1c(CN2CCCCC2)c[n+]2cccc(Br)c12. The van der Waals surface area contributed by atoms with Crippen molar-refractivity contribution in [2.24, 2.45) is 0 Å². The van der Waals surface area contributed by atoms with Crippen LogP contribution in [0.15, 0.2) is 29.0 Å². The van der Waals surface area contributed by atoms with Gasteiger partial charge in [-0.05, 0) is 60.4 Å². The molecule has 3 heterocycles. The van der Waals surface area contributed by atoms with Gasteiger partial charge in [-0.15, -0.1) is 0 Å². The number of fused-ring (bicyclic) bond motifs is 1. The first-order valence-electron chi connectivity index (χ1n) is 7.70. The summed E-state index contributed by atoms with van der Waals surface area (Å²) in [7, 11) is 0. The van der Waals surface area contributed by atoms with Crippen LogP contribution in [0.1, 0.15) is 38.3 Å². The first kappa shape index (κ1) is 14.1. The summed E-state index contributed by atoms with van der Waals surface area (Å²) in [6.07, 6.45) is 9.71. The summed E-state index contributed by atoms with van der Waals surface area (Å²) in [5.41, 5.74) is 2.71. The van der Waals surface area contributed by atoms with Gasteiger partial charge in [-0.3, -0.25) is 4.90 Å². The van der Waals surface area contributed by atoms with Crippen LogP contribution in [0.4, 0.5) is 0 Å². The Morgan fingerprint density at radius 2 is 2.05 bits per heavy atom. The fraction of sp³-hybridized carbons (Fsp3) is 0.562. The van der Waals surface area contributed by atoms with E-state index in [0.29, 0.717) is 0 Å². The number of piperidine rings is 1. The first-order chi connectivity index (χ1) is 9.79. The van der Waals surface area contributed by atoms with Gasteiger partial charge < -0.3 is 0 Å². The van der Waals surface area contributed by atoms with Crippen molar-refractivity contribution in [3.8, 4) is 0 Å². The molecule has 1 aliphatic rings. The zero-order valence-electron chi connectivity index (χ0n) is 12.2. The van der Waals surface area contributed by atoms with Gasteiger partial charge in [-0.1, -0.05) is 13.3 Å². The predicted molar refractivity (Wildman–Crippen MR) is 84.7 cm³/mol. The summed E-state index contributed by atoms with van der Waals surface area (Å²) in [6.45, 7) is 6.91. The van der Waals surface area contributed by atoms with Crippen LogP contribution in [0, 0.1) is 0 Å². The number of hydrogen-bond acceptors (Lipinski definition) is 1. The summed E-state index contributed by atoms with van der Waals surface area (Å²) < 4.78 is 5.90. The number of halogens is 1. The zero-order chi connectivity index (χ0) is 13.9. The van der Waals surface area contributed by atoms with Gasteiger partial charge in [0.15, 0.2) is 5.69 Å². The van der Waals surface area contributed by atoms with Crippen molar-refractivity contribution in [2.45, 2.75) is 45.7 Å². The highest BCUT2D eigenvalue weighted by atomic mass is 79.9. The van der Waals surface area contributed by atoms with Gasteiger partial charge in [-0.2, -0.15) is 0 Å². The molecule has 0 atom stereocenters. The molecule has 0 unspecified atom stereocenters. The van der Waals surface area contributed by atoms with E-state index in [1.165, 1.54) is 54.6 Å². The normalized spacial score (nSPS) is 16.9. The Bertz CT molecular complexity index is 585. The number of pyridine rings is 1. The van der Waals surface area contributed by atoms with E-state index in [9.17, 15) is 0 Å². The Morgan fingerprint density at radius 1 is 1.25 bits per heavy atom. The maximum absolute atomic E-state index is 3.70. The van der Waals surface area contributed by atoms with Gasteiger partial charge in [0.25, 0.3) is 0 Å². The van der Waals surface area contributed by atoms with Crippen molar-refractivity contribution >= 4 is 21.6 Å². The van der Waals surface area contributed by atoms with Crippen molar-refractivity contribution in [3.05, 3.63) is 34.7 Å². The molecule has 20 heavy (non-hydrogen) atoms. The minimum atomic E-state index is 1.08. The number of imidazole rings is 1. The van der Waals surface area contributed by atoms with Crippen molar-refractivity contribution in [2.75, 3.05) is 13.1 Å². The van der Waals surface area contributed by atoms with E-state index in [1.54, 1.807) is 0 Å². The van der Waals surface area contributed by atoms with Gasteiger partial charge in [0.05, 0.1) is 19.3 Å². The lowest BCUT2D eigenvalue weighted by atomic mass is 10.1. The molecule has 1 fully saturated rings. The van der Waals surface area contributed by atoms with Gasteiger partial charge in [-0.25, -0.2) is 8.97 Å². The summed E-state index contributed by atoms with van der Waals surface area (Å²) in [4.78, 5) is 2.60. The van der Waals surface area contributed by atoms with Gasteiger partial charge in [0.1, 0.15) is 10.7 Å². The zero-order valence-corrected chi connectivity index (χ0v) is 13.8. The van der Waals surface area contributed by atoms with E-state index < -0.39 is 0 Å². The highest BCUT2D eigenvalue weighted by Crippen LogP contribution is 2.19. The molecule has 0 bridgehead atoms. The molecule has 0 spiro atoms. The number of nitrogens with zero attached hydrogens (tertiary/aromatic N) is 3. The molecule has 3 rings (SSSR count). The maximum Gasteiger partial charge on any atom is 0.300 e. The Morgan fingerprint density at radius 3 is 2.80 bits per heavy atom. The van der Waals surface area contributed by atoms with Crippen molar-refractivity contribution in [1.29, 1.82) is 0 Å². The van der Waals surface area contributed by atoms with Crippen LogP contribution < -0.4 is 4.40 Å². The standard InChI is InChI=1S/C16H23BrN3/c1-2-8-20-14(12-18-9-4-3-5-10-18)13-19-11-6-7-15(17)16(19)20/h6-7,11,13H,2-5,8-10,12H2,1H3/q+1. The Kier molecular flexibility index (Phi) is 4.41. The van der Waals surface area contributed by atoms with E-state index in [4.69, 9.17) is 0 Å². The van der Waals surface area contributed by atoms with E-state index in [0.717, 1.165) is 13.1 Å². The molecule has 4 heteroatoms. The third-order valence-electron chi connectivity index (χ3n) is 4.12. The lowest BCUT2D eigenvalue weighted by Gasteiger charge is -2.25. The van der Waals surface area contributed by atoms with E-state index >= 15 is 0 Å². The number of likely N-dealkylation sites (tertiary alicyclic amines) is 1. The number of rotatable bonds is 4. The second-order valence-corrected chi connectivity index (χ2v) is 6.55. The number of aromatic nitrogens is 2. The highest BCUT2D eigenvalue weighted by molar-refractivity contribution is 9.10. The third-order valence-corrected chi connectivity index (χ3v) is 4.74. The fourth-order valence-corrected chi connectivity index (χ4v) is 3.74. The molecular formula is C16H23BrN3+. The quantitative estimate of drug-likeness (QED) is 0.779.